The molecule has 2 aliphatic heterocycles. The summed E-state index contributed by atoms with van der Waals surface area (Å²) < 4.78 is 29.5. The van der Waals surface area contributed by atoms with Crippen molar-refractivity contribution in [2.45, 2.75) is 58.3 Å². The number of rotatable bonds is 8. The molecule has 43 heavy (non-hydrogen) atoms. The van der Waals surface area contributed by atoms with Crippen LogP contribution in [-0.2, 0) is 22.2 Å². The van der Waals surface area contributed by atoms with Gasteiger partial charge in [0.25, 0.3) is 5.56 Å². The number of nitrogens with one attached hydrogen (secondary N) is 1. The molecule has 0 saturated carbocycles. The maximum absolute atomic E-state index is 15.2. The molecule has 1 amide bonds. The second kappa shape index (κ2) is 11.9. The molecule has 228 valence electrons. The number of fused-ring (bicyclic) bond motifs is 1. The third-order valence-electron chi connectivity index (χ3n) is 8.70. The van der Waals surface area contributed by atoms with Crippen LogP contribution in [0.5, 0.6) is 5.75 Å². The Hall–Kier alpha value is -4.01. The summed E-state index contributed by atoms with van der Waals surface area (Å²) in [5.41, 5.74) is 0.879. The third kappa shape index (κ3) is 5.57. The minimum Gasteiger partial charge on any atom is -0.484 e. The van der Waals surface area contributed by atoms with Crippen molar-refractivity contribution >= 4 is 22.6 Å². The maximum Gasteiger partial charge on any atom is 0.257 e. The van der Waals surface area contributed by atoms with Gasteiger partial charge in [-0.25, -0.2) is 9.37 Å². The monoisotopic (exact) mass is 590 g/mol. The molecule has 2 saturated heterocycles. The van der Waals surface area contributed by atoms with E-state index in [0.29, 0.717) is 71.8 Å². The van der Waals surface area contributed by atoms with Gasteiger partial charge in [-0.15, -0.1) is 0 Å². The number of carbonyl (C=O) groups excluding carboxylic acids is 1. The Kier molecular flexibility index (Phi) is 8.45. The highest BCUT2D eigenvalue weighted by Gasteiger charge is 2.41. The van der Waals surface area contributed by atoms with E-state index in [-0.39, 0.29) is 23.1 Å². The van der Waals surface area contributed by atoms with Crippen molar-refractivity contribution in [2.75, 3.05) is 45.2 Å². The highest BCUT2D eigenvalue weighted by atomic mass is 19.1. The maximum atomic E-state index is 15.2. The summed E-state index contributed by atoms with van der Waals surface area (Å²) in [6.07, 6.45) is 0.919. The van der Waals surface area contributed by atoms with E-state index in [1.54, 1.807) is 42.5 Å². The molecule has 1 aromatic carbocycles. The van der Waals surface area contributed by atoms with E-state index in [1.807, 2.05) is 33.0 Å². The van der Waals surface area contributed by atoms with E-state index in [9.17, 15) is 14.9 Å². The van der Waals surface area contributed by atoms with Gasteiger partial charge in [0.15, 0.2) is 5.75 Å². The molecule has 2 aliphatic rings. The van der Waals surface area contributed by atoms with E-state index in [2.05, 4.69) is 10.2 Å². The number of likely N-dealkylation sites (tertiary alicyclic amines) is 2. The zero-order chi connectivity index (χ0) is 31.1. The fourth-order valence-corrected chi connectivity index (χ4v) is 6.31. The summed E-state index contributed by atoms with van der Waals surface area (Å²) in [5.74, 6) is 0.407. The molecule has 0 unspecified atom stereocenters. The van der Waals surface area contributed by atoms with Crippen molar-refractivity contribution < 1.29 is 18.7 Å². The normalized spacial score (nSPS) is 17.8. The van der Waals surface area contributed by atoms with Gasteiger partial charge >= 0.3 is 0 Å². The standard InChI is InChI=1S/C32H39FN6O4/c1-7-42-32(11-13-39(14-12-32)21(4)40)26-15-25-28(38(6)31(26)41)29(43-23-17-37(5)18-23)20(3)36-30(25)35-19(2)24-10-8-9-22(16-34)27(24)33/h8-10,15,19,23H,7,11-14,17-18H2,1-6H3,(H,35,36)/t19-/m1/s1. The van der Waals surface area contributed by atoms with Crippen LogP contribution in [0.1, 0.15) is 62.0 Å². The number of pyridine rings is 2. The topological polar surface area (TPSA) is 113 Å². The van der Waals surface area contributed by atoms with Crippen molar-refractivity contribution in [3.05, 3.63) is 62.8 Å². The van der Waals surface area contributed by atoms with Gasteiger partial charge in [-0.3, -0.25) is 14.5 Å². The van der Waals surface area contributed by atoms with Crippen LogP contribution in [0.15, 0.2) is 29.1 Å². The SMILES string of the molecule is CCOC1(c2cc3c(N[C@H](C)c4cccc(C#N)c4F)nc(C)c(OC4CN(C)C4)c3n(C)c2=O)CCN(C(C)=O)CC1. The zero-order valence-corrected chi connectivity index (χ0v) is 25.7. The molecule has 4 heterocycles. The highest BCUT2D eigenvalue weighted by Crippen LogP contribution is 2.40. The first-order valence-corrected chi connectivity index (χ1v) is 14.7. The quantitative estimate of drug-likeness (QED) is 0.419. The van der Waals surface area contributed by atoms with Gasteiger partial charge in [0, 0.05) is 57.7 Å². The summed E-state index contributed by atoms with van der Waals surface area (Å²) in [7, 11) is 3.74. The van der Waals surface area contributed by atoms with Gasteiger partial charge in [-0.1, -0.05) is 12.1 Å². The second-order valence-corrected chi connectivity index (χ2v) is 11.6. The first-order chi connectivity index (χ1) is 20.5. The number of nitrogens with zero attached hydrogens (tertiary/aromatic N) is 5. The van der Waals surface area contributed by atoms with Crippen LogP contribution in [0.2, 0.25) is 0 Å². The first-order valence-electron chi connectivity index (χ1n) is 14.7. The first kappa shape index (κ1) is 30.4. The Morgan fingerprint density at radius 2 is 1.98 bits per heavy atom. The molecule has 2 fully saturated rings. The van der Waals surface area contributed by atoms with E-state index < -0.39 is 17.5 Å². The Balaban J connectivity index is 1.68. The number of piperidine rings is 1. The lowest BCUT2D eigenvalue weighted by Crippen LogP contribution is -2.51. The average Bonchev–Trinajstić information content (AvgIpc) is 2.96. The van der Waals surface area contributed by atoms with Crippen LogP contribution < -0.4 is 15.6 Å². The average molecular weight is 591 g/mol. The van der Waals surface area contributed by atoms with Gasteiger partial charge in [-0.05, 0) is 52.8 Å². The number of benzene rings is 1. The number of likely N-dealkylation sites (N-methyl/N-ethyl adjacent to an activating group) is 1. The highest BCUT2D eigenvalue weighted by molar-refractivity contribution is 5.95. The summed E-state index contributed by atoms with van der Waals surface area (Å²) in [6.45, 7) is 9.96. The molecule has 11 heteroatoms. The van der Waals surface area contributed by atoms with Crippen LogP contribution in [-0.4, -0.2) is 71.2 Å². The molecule has 0 radical (unpaired) electrons. The number of aryl methyl sites for hydroxylation is 2. The molecule has 0 aliphatic carbocycles. The molecule has 3 aromatic rings. The van der Waals surface area contributed by atoms with Gasteiger partial charge in [0.1, 0.15) is 29.4 Å². The molecular formula is C32H39FN6O4. The number of nitriles is 1. The van der Waals surface area contributed by atoms with Gasteiger partial charge in [-0.2, -0.15) is 5.26 Å². The number of anilines is 1. The molecule has 1 N–H and O–H groups in total. The summed E-state index contributed by atoms with van der Waals surface area (Å²) >= 11 is 0. The van der Waals surface area contributed by atoms with E-state index in [1.165, 1.54) is 6.07 Å². The van der Waals surface area contributed by atoms with E-state index >= 15 is 4.39 Å². The van der Waals surface area contributed by atoms with E-state index in [0.717, 1.165) is 13.1 Å². The Bertz CT molecular complexity index is 1650. The van der Waals surface area contributed by atoms with Crippen LogP contribution in [0.4, 0.5) is 10.2 Å². The van der Waals surface area contributed by atoms with Crippen LogP contribution >= 0.6 is 0 Å². The number of hydrogen-bond acceptors (Lipinski definition) is 8. The number of carbonyl (C=O) groups is 1. The third-order valence-corrected chi connectivity index (χ3v) is 8.70. The molecule has 10 nitrogen and oxygen atoms in total. The van der Waals surface area contributed by atoms with Crippen molar-refractivity contribution in [3.63, 3.8) is 0 Å². The minimum atomic E-state index is -0.886. The molecule has 5 rings (SSSR count). The van der Waals surface area contributed by atoms with Crippen LogP contribution in [0.3, 0.4) is 0 Å². The Morgan fingerprint density at radius 1 is 1.28 bits per heavy atom. The number of hydrogen-bond donors (Lipinski definition) is 1. The second-order valence-electron chi connectivity index (χ2n) is 11.6. The molecule has 2 aromatic heterocycles. The van der Waals surface area contributed by atoms with Gasteiger partial charge in [0.05, 0.1) is 28.4 Å². The number of aromatic nitrogens is 2. The van der Waals surface area contributed by atoms with Crippen molar-refractivity contribution in [1.29, 1.82) is 5.26 Å². The molecule has 0 spiro atoms. The number of ether oxygens (including phenoxy) is 2. The van der Waals surface area contributed by atoms with Gasteiger partial charge in [0.2, 0.25) is 5.91 Å². The predicted octanol–water partition coefficient (Wildman–Crippen LogP) is 3.99. The van der Waals surface area contributed by atoms with Crippen LogP contribution in [0.25, 0.3) is 10.9 Å². The fourth-order valence-electron chi connectivity index (χ4n) is 6.31. The smallest absolute Gasteiger partial charge is 0.257 e. The Morgan fingerprint density at radius 3 is 2.58 bits per heavy atom. The summed E-state index contributed by atoms with van der Waals surface area (Å²) in [6, 6.07) is 7.93. The lowest BCUT2D eigenvalue weighted by Gasteiger charge is -2.41. The molecular weight excluding hydrogens is 551 g/mol. The Labute approximate surface area is 251 Å². The predicted molar refractivity (Wildman–Crippen MR) is 162 cm³/mol. The summed E-state index contributed by atoms with van der Waals surface area (Å²) in [4.78, 5) is 35.0. The number of halogens is 1. The molecule has 0 bridgehead atoms. The van der Waals surface area contributed by atoms with Crippen molar-refractivity contribution in [2.24, 2.45) is 7.05 Å². The zero-order valence-electron chi connectivity index (χ0n) is 25.7. The van der Waals surface area contributed by atoms with E-state index in [4.69, 9.17) is 14.5 Å². The van der Waals surface area contributed by atoms with Gasteiger partial charge < -0.3 is 24.3 Å². The largest absolute Gasteiger partial charge is 0.484 e. The van der Waals surface area contributed by atoms with Crippen molar-refractivity contribution in [3.8, 4) is 11.8 Å². The summed E-state index contributed by atoms with van der Waals surface area (Å²) in [5, 5.41) is 13.4. The van der Waals surface area contributed by atoms with Crippen molar-refractivity contribution in [1.82, 2.24) is 19.4 Å². The molecule has 1 atom stereocenters. The lowest BCUT2D eigenvalue weighted by molar-refractivity contribution is -0.136. The number of amides is 1. The minimum absolute atomic E-state index is 0.00668. The fraction of sp³-hybridized carbons (Fsp3) is 0.500. The van der Waals surface area contributed by atoms with Crippen LogP contribution in [0, 0.1) is 24.1 Å². The lowest BCUT2D eigenvalue weighted by atomic mass is 9.84.